The fourth-order valence-electron chi connectivity index (χ4n) is 2.80. The van der Waals surface area contributed by atoms with E-state index in [1.807, 2.05) is 6.92 Å². The second-order valence-corrected chi connectivity index (χ2v) is 5.16. The molecule has 6 nitrogen and oxygen atoms in total. The molecule has 0 saturated carbocycles. The van der Waals surface area contributed by atoms with Crippen LogP contribution < -0.4 is 5.56 Å². The van der Waals surface area contributed by atoms with Crippen molar-refractivity contribution in [2.45, 2.75) is 39.3 Å². The van der Waals surface area contributed by atoms with Crippen LogP contribution in [0.3, 0.4) is 0 Å². The monoisotopic (exact) mass is 275 g/mol. The number of esters is 1. The number of aryl methyl sites for hydroxylation is 2. The van der Waals surface area contributed by atoms with Crippen LogP contribution in [0.1, 0.15) is 24.2 Å². The number of hydrogen-bond donors (Lipinski definition) is 0. The highest BCUT2D eigenvalue weighted by molar-refractivity contribution is 5.81. The van der Waals surface area contributed by atoms with Gasteiger partial charge in [-0.15, -0.1) is 0 Å². The summed E-state index contributed by atoms with van der Waals surface area (Å²) >= 11 is 0. The van der Waals surface area contributed by atoms with E-state index in [0.717, 1.165) is 37.2 Å². The molecule has 1 aliphatic heterocycles. The van der Waals surface area contributed by atoms with Crippen molar-refractivity contribution in [3.05, 3.63) is 27.9 Å². The molecule has 0 radical (unpaired) electrons. The minimum atomic E-state index is -0.346. The molecule has 0 saturated heterocycles. The van der Waals surface area contributed by atoms with Crippen LogP contribution in [0.2, 0.25) is 0 Å². The van der Waals surface area contributed by atoms with Gasteiger partial charge in [-0.05, 0) is 25.3 Å². The highest BCUT2D eigenvalue weighted by atomic mass is 16.5. The van der Waals surface area contributed by atoms with E-state index >= 15 is 0 Å². The number of hydrogen-bond acceptors (Lipinski definition) is 4. The van der Waals surface area contributed by atoms with E-state index in [1.54, 1.807) is 15.3 Å². The van der Waals surface area contributed by atoms with Crippen LogP contribution in [0.25, 0.3) is 11.0 Å². The summed E-state index contributed by atoms with van der Waals surface area (Å²) in [4.78, 5) is 28.6. The number of carbonyl (C=O) groups is 1. The summed E-state index contributed by atoms with van der Waals surface area (Å²) in [6.07, 6.45) is 4.67. The maximum Gasteiger partial charge on any atom is 0.325 e. The van der Waals surface area contributed by atoms with Crippen molar-refractivity contribution in [1.29, 1.82) is 0 Å². The second kappa shape index (κ2) is 4.77. The third kappa shape index (κ3) is 1.92. The average molecular weight is 275 g/mol. The summed E-state index contributed by atoms with van der Waals surface area (Å²) in [6, 6.07) is 0. The Morgan fingerprint density at radius 1 is 1.45 bits per heavy atom. The zero-order valence-electron chi connectivity index (χ0n) is 11.7. The molecule has 0 N–H and O–H groups in total. The van der Waals surface area contributed by atoms with Crippen molar-refractivity contribution >= 4 is 17.0 Å². The van der Waals surface area contributed by atoms with Gasteiger partial charge >= 0.3 is 5.97 Å². The van der Waals surface area contributed by atoms with Gasteiger partial charge in [0, 0.05) is 19.2 Å². The standard InChI is InChI=1S/C14H17N3O3/c1-9-7-16(8-11(18)20-2)13-12(9)14(19)17-6-4-3-5-10(17)15-13/h7H,3-6,8H2,1-2H3. The van der Waals surface area contributed by atoms with Gasteiger partial charge in [0.05, 0.1) is 12.5 Å². The highest BCUT2D eigenvalue weighted by Gasteiger charge is 2.19. The van der Waals surface area contributed by atoms with Gasteiger partial charge in [0.2, 0.25) is 0 Å². The molecular weight excluding hydrogens is 258 g/mol. The summed E-state index contributed by atoms with van der Waals surface area (Å²) in [5, 5.41) is 0.611. The summed E-state index contributed by atoms with van der Waals surface area (Å²) in [5.41, 5.74) is 1.44. The van der Waals surface area contributed by atoms with Gasteiger partial charge in [-0.1, -0.05) is 0 Å². The summed E-state index contributed by atoms with van der Waals surface area (Å²) in [5.74, 6) is 0.472. The Labute approximate surface area is 116 Å². The topological polar surface area (TPSA) is 66.1 Å². The number of nitrogens with zero attached hydrogens (tertiary/aromatic N) is 3. The predicted octanol–water partition coefficient (Wildman–Crippen LogP) is 1.02. The Bertz CT molecular complexity index is 742. The Morgan fingerprint density at radius 2 is 2.25 bits per heavy atom. The van der Waals surface area contributed by atoms with E-state index in [0.29, 0.717) is 11.0 Å². The van der Waals surface area contributed by atoms with E-state index < -0.39 is 0 Å². The molecule has 1 aliphatic rings. The molecule has 0 atom stereocenters. The number of fused-ring (bicyclic) bond motifs is 2. The maximum atomic E-state index is 12.6. The number of ether oxygens (including phenoxy) is 1. The van der Waals surface area contributed by atoms with Crippen LogP contribution in [0.4, 0.5) is 0 Å². The molecule has 2 aromatic rings. The molecule has 6 heteroatoms. The first-order valence-electron chi connectivity index (χ1n) is 6.78. The highest BCUT2D eigenvalue weighted by Crippen LogP contribution is 2.19. The number of aromatic nitrogens is 3. The van der Waals surface area contributed by atoms with Crippen LogP contribution in [-0.4, -0.2) is 27.2 Å². The zero-order chi connectivity index (χ0) is 14.3. The zero-order valence-corrected chi connectivity index (χ0v) is 11.7. The average Bonchev–Trinajstić information content (AvgIpc) is 2.75. The minimum Gasteiger partial charge on any atom is -0.468 e. The quantitative estimate of drug-likeness (QED) is 0.767. The number of methoxy groups -OCH3 is 1. The lowest BCUT2D eigenvalue weighted by atomic mass is 10.1. The maximum absolute atomic E-state index is 12.6. The van der Waals surface area contributed by atoms with E-state index in [-0.39, 0.29) is 18.1 Å². The molecule has 0 bridgehead atoms. The molecular formula is C14H17N3O3. The van der Waals surface area contributed by atoms with Gasteiger partial charge in [0.1, 0.15) is 18.0 Å². The lowest BCUT2D eigenvalue weighted by Crippen LogP contribution is -2.28. The molecule has 0 aliphatic carbocycles. The van der Waals surface area contributed by atoms with Crippen LogP contribution in [0, 0.1) is 6.92 Å². The van der Waals surface area contributed by atoms with E-state index in [2.05, 4.69) is 9.72 Å². The molecule has 2 aromatic heterocycles. The molecule has 3 rings (SSSR count). The number of carbonyl (C=O) groups excluding carboxylic acids is 1. The van der Waals surface area contributed by atoms with Crippen LogP contribution in [0.5, 0.6) is 0 Å². The van der Waals surface area contributed by atoms with Crippen molar-refractivity contribution in [2.24, 2.45) is 0 Å². The van der Waals surface area contributed by atoms with E-state index in [4.69, 9.17) is 0 Å². The van der Waals surface area contributed by atoms with Crippen LogP contribution >= 0.6 is 0 Å². The van der Waals surface area contributed by atoms with E-state index in [9.17, 15) is 9.59 Å². The predicted molar refractivity (Wildman–Crippen MR) is 73.7 cm³/mol. The molecule has 0 unspecified atom stereocenters. The van der Waals surface area contributed by atoms with Gasteiger partial charge in [-0.2, -0.15) is 0 Å². The first-order chi connectivity index (χ1) is 9.61. The van der Waals surface area contributed by atoms with Crippen LogP contribution in [0.15, 0.2) is 11.0 Å². The minimum absolute atomic E-state index is 0.00539. The van der Waals surface area contributed by atoms with Crippen molar-refractivity contribution in [3.63, 3.8) is 0 Å². The molecule has 106 valence electrons. The summed E-state index contributed by atoms with van der Waals surface area (Å²) in [6.45, 7) is 2.68. The fraction of sp³-hybridized carbons (Fsp3) is 0.500. The molecule has 0 amide bonds. The SMILES string of the molecule is COC(=O)Cn1cc(C)c2c(=O)n3c(nc21)CCCC3. The second-order valence-electron chi connectivity index (χ2n) is 5.16. The Hall–Kier alpha value is -2.11. The smallest absolute Gasteiger partial charge is 0.325 e. The molecule has 0 aromatic carbocycles. The first-order valence-corrected chi connectivity index (χ1v) is 6.78. The van der Waals surface area contributed by atoms with Gasteiger partial charge in [-0.25, -0.2) is 4.98 Å². The third-order valence-corrected chi connectivity index (χ3v) is 3.80. The van der Waals surface area contributed by atoms with Gasteiger partial charge in [0.25, 0.3) is 5.56 Å². The molecule has 20 heavy (non-hydrogen) atoms. The third-order valence-electron chi connectivity index (χ3n) is 3.80. The molecule has 0 spiro atoms. The Balaban J connectivity index is 2.23. The summed E-state index contributed by atoms with van der Waals surface area (Å²) in [7, 11) is 1.35. The Morgan fingerprint density at radius 3 is 3.00 bits per heavy atom. The normalized spacial score (nSPS) is 14.3. The van der Waals surface area contributed by atoms with Gasteiger partial charge in [0.15, 0.2) is 0 Å². The molecule has 0 fully saturated rings. The lowest BCUT2D eigenvalue weighted by molar-refractivity contribution is -0.141. The van der Waals surface area contributed by atoms with Crippen molar-refractivity contribution in [3.8, 4) is 0 Å². The number of rotatable bonds is 2. The summed E-state index contributed by atoms with van der Waals surface area (Å²) < 4.78 is 8.15. The molecule has 3 heterocycles. The first kappa shape index (κ1) is 12.9. The lowest BCUT2D eigenvalue weighted by Gasteiger charge is -2.17. The van der Waals surface area contributed by atoms with Gasteiger partial charge in [-0.3, -0.25) is 14.2 Å². The largest absolute Gasteiger partial charge is 0.468 e. The fourth-order valence-corrected chi connectivity index (χ4v) is 2.80. The van der Waals surface area contributed by atoms with Crippen LogP contribution in [-0.2, 0) is 29.0 Å². The van der Waals surface area contributed by atoms with Crippen molar-refractivity contribution < 1.29 is 9.53 Å². The van der Waals surface area contributed by atoms with Gasteiger partial charge < -0.3 is 9.30 Å². The van der Waals surface area contributed by atoms with E-state index in [1.165, 1.54) is 7.11 Å². The van der Waals surface area contributed by atoms with Crippen molar-refractivity contribution in [1.82, 2.24) is 14.1 Å². The Kier molecular flexibility index (Phi) is 3.08. The van der Waals surface area contributed by atoms with Crippen molar-refractivity contribution in [2.75, 3.05) is 7.11 Å².